The van der Waals surface area contributed by atoms with Crippen LogP contribution in [0.2, 0.25) is 0 Å². The number of aliphatic hydroxyl groups excluding tert-OH is 1. The molecule has 0 aliphatic heterocycles. The standard InChI is InChI=1S/C16H18BrNO/c1-10-8-12(6-7-14(10)17)18-11(2)9-13-15(18)4-3-5-16(13)19/h6-9,16,19H,3-5H2,1-2H3. The van der Waals surface area contributed by atoms with Crippen LogP contribution in [0.5, 0.6) is 0 Å². The summed E-state index contributed by atoms with van der Waals surface area (Å²) in [6.45, 7) is 4.22. The van der Waals surface area contributed by atoms with Crippen molar-refractivity contribution in [1.29, 1.82) is 0 Å². The van der Waals surface area contributed by atoms with Gasteiger partial charge in [-0.25, -0.2) is 0 Å². The van der Waals surface area contributed by atoms with Crippen LogP contribution in [-0.2, 0) is 6.42 Å². The zero-order chi connectivity index (χ0) is 13.6. The van der Waals surface area contributed by atoms with Gasteiger partial charge in [-0.05, 0) is 62.9 Å². The predicted octanol–water partition coefficient (Wildman–Crippen LogP) is 4.23. The summed E-state index contributed by atoms with van der Waals surface area (Å²) < 4.78 is 3.42. The minimum absolute atomic E-state index is 0.291. The molecule has 0 saturated heterocycles. The van der Waals surface area contributed by atoms with Gasteiger partial charge in [-0.1, -0.05) is 15.9 Å². The van der Waals surface area contributed by atoms with Crippen molar-refractivity contribution < 1.29 is 5.11 Å². The second-order valence-electron chi connectivity index (χ2n) is 5.36. The lowest BCUT2D eigenvalue weighted by atomic mass is 9.95. The van der Waals surface area contributed by atoms with Crippen LogP contribution in [-0.4, -0.2) is 9.67 Å². The molecular weight excluding hydrogens is 302 g/mol. The maximum Gasteiger partial charge on any atom is 0.0807 e. The van der Waals surface area contributed by atoms with Crippen molar-refractivity contribution >= 4 is 15.9 Å². The van der Waals surface area contributed by atoms with E-state index in [1.807, 2.05) is 0 Å². The molecule has 1 unspecified atom stereocenters. The molecule has 0 spiro atoms. The number of fused-ring (bicyclic) bond motifs is 1. The SMILES string of the molecule is Cc1cc(-n2c(C)cc3c2CCCC3O)ccc1Br. The minimum Gasteiger partial charge on any atom is -0.388 e. The zero-order valence-electron chi connectivity index (χ0n) is 11.3. The molecule has 2 nitrogen and oxygen atoms in total. The molecule has 1 aromatic carbocycles. The Hall–Kier alpha value is -1.06. The van der Waals surface area contributed by atoms with E-state index < -0.39 is 0 Å². The van der Waals surface area contributed by atoms with E-state index in [1.54, 1.807) is 0 Å². The van der Waals surface area contributed by atoms with Crippen LogP contribution in [0.3, 0.4) is 0 Å². The van der Waals surface area contributed by atoms with E-state index in [9.17, 15) is 5.11 Å². The first-order chi connectivity index (χ1) is 9.08. The molecule has 0 radical (unpaired) electrons. The van der Waals surface area contributed by atoms with Crippen LogP contribution in [0.15, 0.2) is 28.7 Å². The van der Waals surface area contributed by atoms with Crippen molar-refractivity contribution in [3.05, 3.63) is 51.3 Å². The molecule has 2 aromatic rings. The zero-order valence-corrected chi connectivity index (χ0v) is 12.9. The summed E-state index contributed by atoms with van der Waals surface area (Å²) in [5.74, 6) is 0. The molecule has 19 heavy (non-hydrogen) atoms. The lowest BCUT2D eigenvalue weighted by Gasteiger charge is -2.20. The summed E-state index contributed by atoms with van der Waals surface area (Å²) in [6.07, 6.45) is 2.71. The molecule has 0 saturated carbocycles. The van der Waals surface area contributed by atoms with Crippen LogP contribution < -0.4 is 0 Å². The molecule has 100 valence electrons. The van der Waals surface area contributed by atoms with Gasteiger partial charge in [0.15, 0.2) is 0 Å². The number of benzene rings is 1. The number of hydrogen-bond donors (Lipinski definition) is 1. The van der Waals surface area contributed by atoms with Gasteiger partial charge in [0.1, 0.15) is 0 Å². The van der Waals surface area contributed by atoms with Crippen molar-refractivity contribution in [2.24, 2.45) is 0 Å². The largest absolute Gasteiger partial charge is 0.388 e. The number of aryl methyl sites for hydroxylation is 2. The Balaban J connectivity index is 2.17. The van der Waals surface area contributed by atoms with Crippen molar-refractivity contribution in [3.63, 3.8) is 0 Å². The normalized spacial score (nSPS) is 18.4. The summed E-state index contributed by atoms with van der Waals surface area (Å²) in [5.41, 5.74) is 6.01. The lowest BCUT2D eigenvalue weighted by molar-refractivity contribution is 0.156. The van der Waals surface area contributed by atoms with E-state index in [2.05, 4.69) is 58.6 Å². The molecular formula is C16H18BrNO. The average Bonchev–Trinajstić information content (AvgIpc) is 2.71. The Bertz CT molecular complexity index is 630. The number of hydrogen-bond acceptors (Lipinski definition) is 1. The minimum atomic E-state index is -0.291. The van der Waals surface area contributed by atoms with Gasteiger partial charge in [-0.3, -0.25) is 0 Å². The fourth-order valence-electron chi connectivity index (χ4n) is 3.01. The first-order valence-corrected chi connectivity index (χ1v) is 7.53. The molecule has 1 atom stereocenters. The van der Waals surface area contributed by atoms with E-state index >= 15 is 0 Å². The van der Waals surface area contributed by atoms with E-state index in [-0.39, 0.29) is 6.10 Å². The van der Waals surface area contributed by atoms with Crippen LogP contribution in [0.4, 0.5) is 0 Å². The molecule has 1 aliphatic carbocycles. The Morgan fingerprint density at radius 1 is 1.26 bits per heavy atom. The van der Waals surface area contributed by atoms with E-state index in [4.69, 9.17) is 0 Å². The molecule has 0 amide bonds. The van der Waals surface area contributed by atoms with Crippen LogP contribution >= 0.6 is 15.9 Å². The predicted molar refractivity (Wildman–Crippen MR) is 80.8 cm³/mol. The van der Waals surface area contributed by atoms with Gasteiger partial charge >= 0.3 is 0 Å². The Morgan fingerprint density at radius 2 is 2.05 bits per heavy atom. The van der Waals surface area contributed by atoms with Crippen molar-refractivity contribution in [2.45, 2.75) is 39.2 Å². The number of rotatable bonds is 1. The molecule has 3 heteroatoms. The fraction of sp³-hybridized carbons (Fsp3) is 0.375. The third-order valence-electron chi connectivity index (χ3n) is 3.97. The lowest BCUT2D eigenvalue weighted by Crippen LogP contribution is -2.11. The Morgan fingerprint density at radius 3 is 2.79 bits per heavy atom. The van der Waals surface area contributed by atoms with Gasteiger partial charge in [0.2, 0.25) is 0 Å². The monoisotopic (exact) mass is 319 g/mol. The highest BCUT2D eigenvalue weighted by Crippen LogP contribution is 2.34. The fourth-order valence-corrected chi connectivity index (χ4v) is 3.25. The number of aromatic nitrogens is 1. The quantitative estimate of drug-likeness (QED) is 0.836. The van der Waals surface area contributed by atoms with E-state index in [1.165, 1.54) is 22.6 Å². The molecule has 3 rings (SSSR count). The first-order valence-electron chi connectivity index (χ1n) is 6.73. The van der Waals surface area contributed by atoms with Crippen LogP contribution in [0.1, 0.15) is 41.5 Å². The van der Waals surface area contributed by atoms with E-state index in [0.717, 1.165) is 29.3 Å². The molecule has 1 aromatic heterocycles. The van der Waals surface area contributed by atoms with Gasteiger partial charge in [0.05, 0.1) is 6.10 Å². The number of nitrogens with zero attached hydrogens (tertiary/aromatic N) is 1. The van der Waals surface area contributed by atoms with Crippen molar-refractivity contribution in [2.75, 3.05) is 0 Å². The number of aliphatic hydroxyl groups is 1. The molecule has 0 bridgehead atoms. The van der Waals surface area contributed by atoms with Gasteiger partial charge < -0.3 is 9.67 Å². The molecule has 1 aliphatic rings. The van der Waals surface area contributed by atoms with Crippen molar-refractivity contribution in [1.82, 2.24) is 4.57 Å². The third-order valence-corrected chi connectivity index (χ3v) is 4.86. The summed E-state index contributed by atoms with van der Waals surface area (Å²) in [5, 5.41) is 10.1. The summed E-state index contributed by atoms with van der Waals surface area (Å²) in [6, 6.07) is 8.55. The van der Waals surface area contributed by atoms with Gasteiger partial charge in [0.25, 0.3) is 0 Å². The second kappa shape index (κ2) is 4.80. The maximum absolute atomic E-state index is 10.1. The summed E-state index contributed by atoms with van der Waals surface area (Å²) in [7, 11) is 0. The van der Waals surface area contributed by atoms with Crippen LogP contribution in [0, 0.1) is 13.8 Å². The number of halogens is 1. The highest BCUT2D eigenvalue weighted by Gasteiger charge is 2.23. The highest BCUT2D eigenvalue weighted by molar-refractivity contribution is 9.10. The van der Waals surface area contributed by atoms with Crippen molar-refractivity contribution in [3.8, 4) is 5.69 Å². The molecule has 1 N–H and O–H groups in total. The van der Waals surface area contributed by atoms with Gasteiger partial charge in [-0.2, -0.15) is 0 Å². The van der Waals surface area contributed by atoms with E-state index in [0.29, 0.717) is 0 Å². The summed E-state index contributed by atoms with van der Waals surface area (Å²) in [4.78, 5) is 0. The molecule has 0 fully saturated rings. The highest BCUT2D eigenvalue weighted by atomic mass is 79.9. The second-order valence-corrected chi connectivity index (χ2v) is 6.22. The van der Waals surface area contributed by atoms with Crippen LogP contribution in [0.25, 0.3) is 5.69 Å². The average molecular weight is 320 g/mol. The van der Waals surface area contributed by atoms with Gasteiger partial charge in [0, 0.05) is 27.1 Å². The first kappa shape index (κ1) is 12.9. The topological polar surface area (TPSA) is 25.2 Å². The van der Waals surface area contributed by atoms with Gasteiger partial charge in [-0.15, -0.1) is 0 Å². The molecule has 1 heterocycles. The summed E-state index contributed by atoms with van der Waals surface area (Å²) >= 11 is 3.55. The smallest absolute Gasteiger partial charge is 0.0807 e. The third kappa shape index (κ3) is 2.15. The Kier molecular flexibility index (Phi) is 3.27. The maximum atomic E-state index is 10.1. The Labute approximate surface area is 122 Å².